The third kappa shape index (κ3) is 5.39. The molecule has 0 aromatic heterocycles. The van der Waals surface area contributed by atoms with Gasteiger partial charge in [0.1, 0.15) is 0 Å². The van der Waals surface area contributed by atoms with Gasteiger partial charge in [0.2, 0.25) is 0 Å². The van der Waals surface area contributed by atoms with Crippen molar-refractivity contribution < 1.29 is 9.84 Å². The predicted molar refractivity (Wildman–Crippen MR) is 115 cm³/mol. The first-order valence-electron chi connectivity index (χ1n) is 10.7. The molecule has 2 aliphatic rings. The lowest BCUT2D eigenvalue weighted by Gasteiger charge is -2.34. The minimum absolute atomic E-state index is 0.153. The molecule has 1 aromatic rings. The van der Waals surface area contributed by atoms with Gasteiger partial charge in [0, 0.05) is 44.0 Å². The van der Waals surface area contributed by atoms with Crippen LogP contribution in [0.2, 0.25) is 0 Å². The Hall–Kier alpha value is -1.79. The van der Waals surface area contributed by atoms with Crippen molar-refractivity contribution in [2.75, 3.05) is 50.9 Å². The Morgan fingerprint density at radius 2 is 2.04 bits per heavy atom. The van der Waals surface area contributed by atoms with Crippen molar-refractivity contribution in [1.82, 2.24) is 10.6 Å². The number of ether oxygens (including phenoxy) is 1. The van der Waals surface area contributed by atoms with Crippen LogP contribution < -0.4 is 15.5 Å². The van der Waals surface area contributed by atoms with Crippen molar-refractivity contribution in [3.63, 3.8) is 0 Å². The molecule has 156 valence electrons. The predicted octanol–water partition coefficient (Wildman–Crippen LogP) is 2.69. The molecule has 0 aliphatic carbocycles. The highest BCUT2D eigenvalue weighted by molar-refractivity contribution is 5.80. The maximum Gasteiger partial charge on any atom is 0.191 e. The van der Waals surface area contributed by atoms with Crippen molar-refractivity contribution in [1.29, 1.82) is 0 Å². The molecule has 2 aliphatic heterocycles. The summed E-state index contributed by atoms with van der Waals surface area (Å²) in [5.74, 6) is 0.806. The largest absolute Gasteiger partial charge is 0.396 e. The van der Waals surface area contributed by atoms with E-state index in [0.29, 0.717) is 19.8 Å². The number of aliphatic hydroxyl groups is 1. The molecule has 2 fully saturated rings. The summed E-state index contributed by atoms with van der Waals surface area (Å²) in [4.78, 5) is 7.28. The van der Waals surface area contributed by atoms with Crippen LogP contribution in [-0.4, -0.2) is 57.1 Å². The van der Waals surface area contributed by atoms with E-state index in [1.165, 1.54) is 24.1 Å². The number of guanidine groups is 1. The highest BCUT2D eigenvalue weighted by atomic mass is 16.5. The maximum atomic E-state index is 9.91. The Kier molecular flexibility index (Phi) is 7.57. The van der Waals surface area contributed by atoms with E-state index in [9.17, 15) is 5.11 Å². The summed E-state index contributed by atoms with van der Waals surface area (Å²) in [6, 6.07) is 8.97. The number of nitrogens with zero attached hydrogens (tertiary/aromatic N) is 2. The molecule has 1 atom stereocenters. The van der Waals surface area contributed by atoms with Crippen LogP contribution in [0.25, 0.3) is 0 Å². The van der Waals surface area contributed by atoms with Crippen molar-refractivity contribution in [3.8, 4) is 0 Å². The minimum Gasteiger partial charge on any atom is -0.396 e. The van der Waals surface area contributed by atoms with E-state index >= 15 is 0 Å². The van der Waals surface area contributed by atoms with E-state index in [4.69, 9.17) is 9.73 Å². The molecule has 1 unspecified atom stereocenters. The zero-order valence-corrected chi connectivity index (χ0v) is 17.4. The molecule has 3 rings (SSSR count). The summed E-state index contributed by atoms with van der Waals surface area (Å²) >= 11 is 0. The smallest absolute Gasteiger partial charge is 0.191 e. The Morgan fingerprint density at radius 1 is 1.29 bits per heavy atom. The number of hydrogen-bond donors (Lipinski definition) is 3. The van der Waals surface area contributed by atoms with E-state index in [2.05, 4.69) is 53.6 Å². The van der Waals surface area contributed by atoms with Crippen LogP contribution in [0.4, 0.5) is 5.69 Å². The van der Waals surface area contributed by atoms with Crippen LogP contribution in [0.1, 0.15) is 51.1 Å². The Balaban J connectivity index is 1.66. The molecule has 2 saturated heterocycles. The van der Waals surface area contributed by atoms with E-state index in [1.54, 1.807) is 0 Å². The SMILES string of the molecule is CCNC(=NCC1(CO)CCOCC1)NC(C)c1cccc(N2CCCC2)c1. The molecule has 1 aromatic carbocycles. The van der Waals surface area contributed by atoms with Gasteiger partial charge in [-0.2, -0.15) is 0 Å². The first kappa shape index (κ1) is 20.9. The molecular formula is C22H36N4O2. The summed E-state index contributed by atoms with van der Waals surface area (Å²) < 4.78 is 5.46. The highest BCUT2D eigenvalue weighted by Crippen LogP contribution is 2.30. The molecule has 0 amide bonds. The van der Waals surface area contributed by atoms with Crippen molar-refractivity contribution in [2.24, 2.45) is 10.4 Å². The second kappa shape index (κ2) is 10.1. The molecule has 2 heterocycles. The molecule has 28 heavy (non-hydrogen) atoms. The first-order chi connectivity index (χ1) is 13.7. The molecule has 6 nitrogen and oxygen atoms in total. The summed E-state index contributed by atoms with van der Waals surface area (Å²) in [6.07, 6.45) is 4.29. The fourth-order valence-corrected chi connectivity index (χ4v) is 3.99. The average molecular weight is 389 g/mol. The van der Waals surface area contributed by atoms with Gasteiger partial charge in [-0.3, -0.25) is 4.99 Å². The number of aliphatic imine (C=N–C) groups is 1. The van der Waals surface area contributed by atoms with Crippen molar-refractivity contribution in [3.05, 3.63) is 29.8 Å². The minimum atomic E-state index is -0.153. The molecular weight excluding hydrogens is 352 g/mol. The van der Waals surface area contributed by atoms with Gasteiger partial charge in [-0.1, -0.05) is 12.1 Å². The van der Waals surface area contributed by atoms with Gasteiger partial charge in [-0.05, 0) is 57.2 Å². The fraction of sp³-hybridized carbons (Fsp3) is 0.682. The van der Waals surface area contributed by atoms with Crippen LogP contribution in [0, 0.1) is 5.41 Å². The lowest BCUT2D eigenvalue weighted by atomic mass is 9.81. The lowest BCUT2D eigenvalue weighted by molar-refractivity contribution is -0.0106. The van der Waals surface area contributed by atoms with Crippen LogP contribution in [0.3, 0.4) is 0 Å². The third-order valence-corrected chi connectivity index (χ3v) is 6.00. The molecule has 3 N–H and O–H groups in total. The number of nitrogens with one attached hydrogen (secondary N) is 2. The van der Waals surface area contributed by atoms with Crippen LogP contribution in [0.5, 0.6) is 0 Å². The second-order valence-electron chi connectivity index (χ2n) is 8.12. The average Bonchev–Trinajstić information content (AvgIpc) is 3.28. The number of hydrogen-bond acceptors (Lipinski definition) is 4. The zero-order valence-electron chi connectivity index (χ0n) is 17.4. The van der Waals surface area contributed by atoms with Gasteiger partial charge in [0.05, 0.1) is 19.2 Å². The van der Waals surface area contributed by atoms with Crippen molar-refractivity contribution in [2.45, 2.75) is 45.6 Å². The second-order valence-corrected chi connectivity index (χ2v) is 8.12. The summed E-state index contributed by atoms with van der Waals surface area (Å²) in [5, 5.41) is 16.8. The first-order valence-corrected chi connectivity index (χ1v) is 10.7. The van der Waals surface area contributed by atoms with E-state index in [-0.39, 0.29) is 18.1 Å². The molecule has 0 spiro atoms. The number of anilines is 1. The van der Waals surface area contributed by atoms with E-state index in [1.807, 2.05) is 0 Å². The quantitative estimate of drug-likeness (QED) is 0.495. The third-order valence-electron chi connectivity index (χ3n) is 6.00. The topological polar surface area (TPSA) is 69.1 Å². The molecule has 0 radical (unpaired) electrons. The zero-order chi connectivity index (χ0) is 19.8. The summed E-state index contributed by atoms with van der Waals surface area (Å²) in [6.45, 7) is 9.56. The van der Waals surface area contributed by atoms with Crippen LogP contribution in [-0.2, 0) is 4.74 Å². The summed E-state index contributed by atoms with van der Waals surface area (Å²) in [7, 11) is 0. The normalized spacial score (nSPS) is 20.8. The van der Waals surface area contributed by atoms with Gasteiger partial charge < -0.3 is 25.4 Å². The van der Waals surface area contributed by atoms with E-state index < -0.39 is 0 Å². The molecule has 0 saturated carbocycles. The number of aliphatic hydroxyl groups excluding tert-OH is 1. The Morgan fingerprint density at radius 3 is 2.71 bits per heavy atom. The number of rotatable bonds is 7. The Bertz CT molecular complexity index is 637. The molecule has 6 heteroatoms. The Labute approximate surface area is 169 Å². The highest BCUT2D eigenvalue weighted by Gasteiger charge is 2.32. The number of benzene rings is 1. The van der Waals surface area contributed by atoms with Crippen LogP contribution in [0.15, 0.2) is 29.3 Å². The van der Waals surface area contributed by atoms with Gasteiger partial charge >= 0.3 is 0 Å². The van der Waals surface area contributed by atoms with Crippen molar-refractivity contribution >= 4 is 11.6 Å². The molecule has 0 bridgehead atoms. The van der Waals surface area contributed by atoms with Gasteiger partial charge in [-0.25, -0.2) is 0 Å². The summed E-state index contributed by atoms with van der Waals surface area (Å²) in [5.41, 5.74) is 2.42. The maximum absolute atomic E-state index is 9.91. The monoisotopic (exact) mass is 388 g/mol. The van der Waals surface area contributed by atoms with E-state index in [0.717, 1.165) is 38.4 Å². The lowest BCUT2D eigenvalue weighted by Crippen LogP contribution is -2.41. The standard InChI is InChI=1S/C22H36N4O2/c1-3-23-21(24-16-22(17-27)9-13-28-14-10-22)25-18(2)19-7-6-8-20(15-19)26-11-4-5-12-26/h6-8,15,18,27H,3-5,9-14,16-17H2,1-2H3,(H2,23,24,25). The van der Waals surface area contributed by atoms with Crippen LogP contribution >= 0.6 is 0 Å². The van der Waals surface area contributed by atoms with Gasteiger partial charge in [0.25, 0.3) is 0 Å². The van der Waals surface area contributed by atoms with Gasteiger partial charge in [0.15, 0.2) is 5.96 Å². The van der Waals surface area contributed by atoms with Gasteiger partial charge in [-0.15, -0.1) is 0 Å². The fourth-order valence-electron chi connectivity index (χ4n) is 3.99.